The highest BCUT2D eigenvalue weighted by Gasteiger charge is 2.26. The molecule has 2 rings (SSSR count). The molecule has 1 heterocycles. The maximum atomic E-state index is 11.7. The van der Waals surface area contributed by atoms with Crippen molar-refractivity contribution in [3.8, 4) is 11.8 Å². The van der Waals surface area contributed by atoms with E-state index >= 15 is 0 Å². The van der Waals surface area contributed by atoms with Gasteiger partial charge in [0.1, 0.15) is 6.61 Å². The Morgan fingerprint density at radius 2 is 1.72 bits per heavy atom. The molecule has 4 nitrogen and oxygen atoms in total. The molecule has 0 saturated carbocycles. The van der Waals surface area contributed by atoms with Crippen molar-refractivity contribution >= 4 is 17.5 Å². The molecule has 1 aliphatic heterocycles. The summed E-state index contributed by atoms with van der Waals surface area (Å²) >= 11 is 0. The molecule has 18 heavy (non-hydrogen) atoms. The van der Waals surface area contributed by atoms with Crippen molar-refractivity contribution in [1.82, 2.24) is 0 Å². The summed E-state index contributed by atoms with van der Waals surface area (Å²) in [5.41, 5.74) is 1.32. The van der Waals surface area contributed by atoms with E-state index in [2.05, 4.69) is 11.8 Å². The van der Waals surface area contributed by atoms with Crippen LogP contribution < -0.4 is 4.90 Å². The van der Waals surface area contributed by atoms with Crippen LogP contribution in [0.1, 0.15) is 24.8 Å². The van der Waals surface area contributed by atoms with Gasteiger partial charge in [0, 0.05) is 18.4 Å². The minimum Gasteiger partial charge on any atom is -0.384 e. The van der Waals surface area contributed by atoms with Gasteiger partial charge in [-0.25, -0.2) is 0 Å². The van der Waals surface area contributed by atoms with Gasteiger partial charge in [-0.05, 0) is 30.7 Å². The van der Waals surface area contributed by atoms with E-state index in [0.717, 1.165) is 5.56 Å². The number of carbonyl (C=O) groups is 2. The quantitative estimate of drug-likeness (QED) is 0.593. The monoisotopic (exact) mass is 243 g/mol. The highest BCUT2D eigenvalue weighted by atomic mass is 16.2. The highest BCUT2D eigenvalue weighted by molar-refractivity contribution is 6.16. The largest absolute Gasteiger partial charge is 0.384 e. The number of hydrogen-bond donors (Lipinski definition) is 1. The second-order valence-corrected chi connectivity index (χ2v) is 3.98. The fraction of sp³-hybridized carbons (Fsp3) is 0.286. The number of amides is 2. The van der Waals surface area contributed by atoms with Crippen molar-refractivity contribution in [3.63, 3.8) is 0 Å². The standard InChI is InChI=1S/C14H13NO3/c16-10-2-3-11-6-8-12(9-7-11)15-13(17)4-1-5-14(15)18/h6-9,16H,1,4-5,10H2. The molecule has 1 fully saturated rings. The minimum atomic E-state index is -0.190. The first kappa shape index (κ1) is 12.3. The Balaban J connectivity index is 2.23. The first-order valence-electron chi connectivity index (χ1n) is 5.78. The summed E-state index contributed by atoms with van der Waals surface area (Å²) in [6, 6.07) is 6.85. The van der Waals surface area contributed by atoms with Gasteiger partial charge in [0.15, 0.2) is 0 Å². The number of aliphatic hydroxyl groups is 1. The van der Waals surface area contributed by atoms with Gasteiger partial charge >= 0.3 is 0 Å². The van der Waals surface area contributed by atoms with Gasteiger partial charge in [0.05, 0.1) is 5.69 Å². The third-order valence-electron chi connectivity index (χ3n) is 2.72. The van der Waals surface area contributed by atoms with E-state index in [1.54, 1.807) is 24.3 Å². The zero-order valence-corrected chi connectivity index (χ0v) is 9.85. The predicted octanol–water partition coefficient (Wildman–Crippen LogP) is 1.07. The third kappa shape index (κ3) is 2.58. The summed E-state index contributed by atoms with van der Waals surface area (Å²) in [6.07, 6.45) is 1.46. The average molecular weight is 243 g/mol. The molecule has 4 heteroatoms. The van der Waals surface area contributed by atoms with Gasteiger partial charge in [-0.2, -0.15) is 0 Å². The molecule has 0 atom stereocenters. The van der Waals surface area contributed by atoms with Crippen molar-refractivity contribution in [1.29, 1.82) is 0 Å². The Labute approximate surface area is 105 Å². The summed E-state index contributed by atoms with van der Waals surface area (Å²) in [5, 5.41) is 8.58. The fourth-order valence-electron chi connectivity index (χ4n) is 1.88. The van der Waals surface area contributed by atoms with E-state index in [0.29, 0.717) is 24.9 Å². The number of piperidine rings is 1. The lowest BCUT2D eigenvalue weighted by Crippen LogP contribution is -2.40. The van der Waals surface area contributed by atoms with Crippen LogP contribution in [0.5, 0.6) is 0 Å². The summed E-state index contributed by atoms with van der Waals surface area (Å²) in [7, 11) is 0. The summed E-state index contributed by atoms with van der Waals surface area (Å²) < 4.78 is 0. The Hall–Kier alpha value is -2.12. The van der Waals surface area contributed by atoms with Gasteiger partial charge in [-0.3, -0.25) is 14.5 Å². The maximum Gasteiger partial charge on any atom is 0.233 e. The number of benzene rings is 1. The summed E-state index contributed by atoms with van der Waals surface area (Å²) in [6.45, 7) is -0.190. The van der Waals surface area contributed by atoms with E-state index in [1.807, 2.05) is 0 Å². The molecule has 92 valence electrons. The van der Waals surface area contributed by atoms with Crippen molar-refractivity contribution in [2.75, 3.05) is 11.5 Å². The van der Waals surface area contributed by atoms with Crippen LogP contribution in [0.15, 0.2) is 24.3 Å². The third-order valence-corrected chi connectivity index (χ3v) is 2.72. The SMILES string of the molecule is O=C1CCCC(=O)N1c1ccc(C#CCO)cc1. The van der Waals surface area contributed by atoms with Gasteiger partial charge in [-0.15, -0.1) is 0 Å². The van der Waals surface area contributed by atoms with E-state index in [4.69, 9.17) is 5.11 Å². The zero-order chi connectivity index (χ0) is 13.0. The summed E-state index contributed by atoms with van der Waals surface area (Å²) in [5.74, 6) is 4.99. The minimum absolute atomic E-state index is 0.152. The molecule has 0 unspecified atom stereocenters. The van der Waals surface area contributed by atoms with Gasteiger partial charge in [-0.1, -0.05) is 11.8 Å². The van der Waals surface area contributed by atoms with Crippen molar-refractivity contribution in [2.45, 2.75) is 19.3 Å². The maximum absolute atomic E-state index is 11.7. The first-order valence-corrected chi connectivity index (χ1v) is 5.78. The topological polar surface area (TPSA) is 57.6 Å². The van der Waals surface area contributed by atoms with Gasteiger partial charge in [0.2, 0.25) is 11.8 Å². The lowest BCUT2D eigenvalue weighted by molar-refractivity contribution is -0.129. The molecule has 1 N–H and O–H groups in total. The number of imide groups is 1. The van der Waals surface area contributed by atoms with E-state index in [1.165, 1.54) is 4.90 Å². The molecular weight excluding hydrogens is 230 g/mol. The van der Waals surface area contributed by atoms with E-state index < -0.39 is 0 Å². The molecule has 0 bridgehead atoms. The molecule has 0 spiro atoms. The van der Waals surface area contributed by atoms with Crippen molar-refractivity contribution in [2.24, 2.45) is 0 Å². The molecular formula is C14H13NO3. The van der Waals surface area contributed by atoms with Crippen molar-refractivity contribution < 1.29 is 14.7 Å². The molecule has 1 aliphatic rings. The van der Waals surface area contributed by atoms with Crippen LogP contribution in [0.25, 0.3) is 0 Å². The lowest BCUT2D eigenvalue weighted by Gasteiger charge is -2.24. The smallest absolute Gasteiger partial charge is 0.233 e. The fourth-order valence-corrected chi connectivity index (χ4v) is 1.88. The van der Waals surface area contributed by atoms with Crippen LogP contribution >= 0.6 is 0 Å². The molecule has 0 radical (unpaired) electrons. The Kier molecular flexibility index (Phi) is 3.75. The van der Waals surface area contributed by atoms with Crippen LogP contribution in [0.2, 0.25) is 0 Å². The molecule has 2 amide bonds. The van der Waals surface area contributed by atoms with Crippen LogP contribution in [0.3, 0.4) is 0 Å². The predicted molar refractivity (Wildman–Crippen MR) is 66.7 cm³/mol. The van der Waals surface area contributed by atoms with Gasteiger partial charge < -0.3 is 5.11 Å². The Bertz CT molecular complexity index is 506. The van der Waals surface area contributed by atoms with Crippen LogP contribution in [0, 0.1) is 11.8 Å². The second-order valence-electron chi connectivity index (χ2n) is 3.98. The average Bonchev–Trinajstić information content (AvgIpc) is 2.37. The van der Waals surface area contributed by atoms with Crippen LogP contribution in [-0.2, 0) is 9.59 Å². The van der Waals surface area contributed by atoms with E-state index in [9.17, 15) is 9.59 Å². The van der Waals surface area contributed by atoms with Gasteiger partial charge in [0.25, 0.3) is 0 Å². The highest BCUT2D eigenvalue weighted by Crippen LogP contribution is 2.22. The molecule has 0 aliphatic carbocycles. The number of hydrogen-bond acceptors (Lipinski definition) is 3. The number of nitrogens with zero attached hydrogens (tertiary/aromatic N) is 1. The molecule has 1 saturated heterocycles. The molecule has 1 aromatic carbocycles. The number of carbonyl (C=O) groups excluding carboxylic acids is 2. The second kappa shape index (κ2) is 5.48. The van der Waals surface area contributed by atoms with Crippen molar-refractivity contribution in [3.05, 3.63) is 29.8 Å². The van der Waals surface area contributed by atoms with Crippen LogP contribution in [0.4, 0.5) is 5.69 Å². The summed E-state index contributed by atoms with van der Waals surface area (Å²) in [4.78, 5) is 24.6. The molecule has 1 aromatic rings. The van der Waals surface area contributed by atoms with Crippen LogP contribution in [-0.4, -0.2) is 23.5 Å². The zero-order valence-electron chi connectivity index (χ0n) is 9.85. The first-order chi connectivity index (χ1) is 8.72. The Morgan fingerprint density at radius 3 is 2.28 bits per heavy atom. The number of anilines is 1. The normalized spacial score (nSPS) is 15.3. The number of rotatable bonds is 1. The molecule has 0 aromatic heterocycles. The van der Waals surface area contributed by atoms with E-state index in [-0.39, 0.29) is 18.4 Å². The Morgan fingerprint density at radius 1 is 1.11 bits per heavy atom. The lowest BCUT2D eigenvalue weighted by atomic mass is 10.1. The number of aliphatic hydroxyl groups excluding tert-OH is 1.